The summed E-state index contributed by atoms with van der Waals surface area (Å²) in [5.41, 5.74) is 0. The average molecular weight is 485 g/mol. The lowest BCUT2D eigenvalue weighted by molar-refractivity contribution is 0.492. The highest BCUT2D eigenvalue weighted by Gasteiger charge is 2.38. The van der Waals surface area contributed by atoms with Crippen molar-refractivity contribution < 1.29 is 4.43 Å². The molecule has 1 aromatic carbocycles. The zero-order chi connectivity index (χ0) is 13.5. The molecule has 0 aliphatic rings. The van der Waals surface area contributed by atoms with Gasteiger partial charge in [-0.2, -0.15) is 0 Å². The largest absolute Gasteiger partial charge is 0.552 e. The summed E-state index contributed by atoms with van der Waals surface area (Å²) in [4.78, 5) is 0. The molecule has 0 saturated heterocycles. The topological polar surface area (TPSA) is 9.23 Å². The Bertz CT molecular complexity index is 312. The second kappa shape index (κ2) is 8.60. The molecule has 0 spiro atoms. The summed E-state index contributed by atoms with van der Waals surface area (Å²) in [5, 5.41) is 0.253. The Morgan fingerprint density at radius 1 is 1.29 bits per heavy atom. The molecule has 0 bridgehead atoms. The summed E-state index contributed by atoms with van der Waals surface area (Å²) in [5.74, 6) is 0.944. The maximum atomic E-state index is 6.07. The Kier molecular flexibility index (Phi) is 9.34. The second-order valence-electron chi connectivity index (χ2n) is 5.20. The minimum atomic E-state index is -1.67. The summed E-state index contributed by atoms with van der Waals surface area (Å²) in [6.45, 7) is 11.2. The Morgan fingerprint density at radius 2 is 1.82 bits per heavy atom. The molecule has 1 aromatic rings. The molecular formula is C12H19I2MgOSi. The zero-order valence-corrected chi connectivity index (χ0v) is 17.9. The summed E-state index contributed by atoms with van der Waals surface area (Å²) in [6, 6.07) is 10.8. The lowest BCUT2D eigenvalue weighted by atomic mass is 10.2. The summed E-state index contributed by atoms with van der Waals surface area (Å²) in [7, 11) is -1.67. The summed E-state index contributed by atoms with van der Waals surface area (Å²) >= 11 is 5.18. The van der Waals surface area contributed by atoms with Gasteiger partial charge in [0.05, 0.1) is 0 Å². The monoisotopic (exact) mass is 485 g/mol. The van der Waals surface area contributed by atoms with E-state index in [2.05, 4.69) is 77.6 Å². The Morgan fingerprint density at radius 3 is 2.18 bits per heavy atom. The van der Waals surface area contributed by atoms with Gasteiger partial charge in [-0.15, -0.1) is 0 Å². The van der Waals surface area contributed by atoms with Crippen LogP contribution in [0.25, 0.3) is 0 Å². The van der Waals surface area contributed by atoms with Crippen molar-refractivity contribution in [1.82, 2.24) is 0 Å². The Hall–Kier alpha value is 1.46. The number of halogens is 2. The standard InChI is InChI=1S/C12H19OSi.2HI.Mg/c1-12(2,3)14(4,5)13-11-9-7-6-8-10-11;;;/h6-7,9-10H,1-5H3;2*1H;/q;;;+2/p-2. The van der Waals surface area contributed by atoms with Gasteiger partial charge < -0.3 is 4.43 Å². The van der Waals surface area contributed by atoms with E-state index in [4.69, 9.17) is 4.43 Å². The molecule has 0 aliphatic carbocycles. The van der Waals surface area contributed by atoms with E-state index in [-0.39, 0.29) is 5.04 Å². The Labute approximate surface area is 136 Å². The third kappa shape index (κ3) is 7.58. The summed E-state index contributed by atoms with van der Waals surface area (Å²) in [6.07, 6.45) is 0. The zero-order valence-electron chi connectivity index (χ0n) is 11.2. The molecule has 1 rings (SSSR count). The molecule has 1 radical (unpaired) electrons. The third-order valence-electron chi connectivity index (χ3n) is 2.86. The van der Waals surface area contributed by atoms with Gasteiger partial charge in [-0.1, -0.05) is 32.9 Å². The van der Waals surface area contributed by atoms with E-state index in [1.807, 2.05) is 24.3 Å². The lowest BCUT2D eigenvalue weighted by Crippen LogP contribution is -2.43. The van der Waals surface area contributed by atoms with E-state index in [0.29, 0.717) is 12.6 Å². The van der Waals surface area contributed by atoms with Crippen molar-refractivity contribution in [1.29, 1.82) is 0 Å². The van der Waals surface area contributed by atoms with Crippen LogP contribution in [0.5, 0.6) is 5.75 Å². The first-order valence-corrected chi connectivity index (χ1v) is 18.6. The fourth-order valence-corrected chi connectivity index (χ4v) is 1.91. The first-order chi connectivity index (χ1) is 7.74. The van der Waals surface area contributed by atoms with E-state index >= 15 is 0 Å². The minimum absolute atomic E-state index is 0.253. The number of hydrogen-bond acceptors (Lipinski definition) is 1. The van der Waals surface area contributed by atoms with Gasteiger partial charge in [-0.3, -0.25) is 37.7 Å². The predicted octanol–water partition coefficient (Wildman–Crippen LogP) is 5.26. The van der Waals surface area contributed by atoms with Gasteiger partial charge in [0.25, 0.3) is 0 Å². The maximum Gasteiger partial charge on any atom is 0.552 e. The highest BCUT2D eigenvalue weighted by atomic mass is 127. The Balaban J connectivity index is 0.000000770. The van der Waals surface area contributed by atoms with Crippen LogP contribution in [-0.4, -0.2) is 20.9 Å². The van der Waals surface area contributed by atoms with Crippen LogP contribution in [0.15, 0.2) is 24.3 Å². The smallest absolute Gasteiger partial charge is 0.543 e. The summed E-state index contributed by atoms with van der Waals surface area (Å²) < 4.78 is 6.07. The molecule has 0 saturated carbocycles. The van der Waals surface area contributed by atoms with Crippen molar-refractivity contribution >= 4 is 58.6 Å². The highest BCUT2D eigenvalue weighted by molar-refractivity contribution is 14.3. The van der Waals surface area contributed by atoms with E-state index in [1.165, 1.54) is 0 Å². The minimum Gasteiger partial charge on any atom is -0.543 e. The number of benzene rings is 1. The van der Waals surface area contributed by atoms with Gasteiger partial charge in [0.2, 0.25) is 8.32 Å². The molecule has 0 atom stereocenters. The van der Waals surface area contributed by atoms with Gasteiger partial charge in [-0.05, 0) is 36.3 Å². The molecular weight excluding hydrogens is 466 g/mol. The fourth-order valence-electron chi connectivity index (χ4n) is 0.888. The highest BCUT2D eigenvalue weighted by Crippen LogP contribution is 2.37. The normalized spacial score (nSPS) is 11.0. The number of rotatable bonds is 2. The van der Waals surface area contributed by atoms with Crippen molar-refractivity contribution in [3.63, 3.8) is 0 Å². The van der Waals surface area contributed by atoms with Crippen molar-refractivity contribution in [2.75, 3.05) is 0 Å². The molecule has 0 aliphatic heterocycles. The van der Waals surface area contributed by atoms with Gasteiger partial charge in [0.15, 0.2) is 0 Å². The molecule has 17 heavy (non-hydrogen) atoms. The van der Waals surface area contributed by atoms with Crippen LogP contribution in [-0.2, 0) is 0 Å². The molecule has 0 fully saturated rings. The van der Waals surface area contributed by atoms with Crippen LogP contribution in [0.1, 0.15) is 20.8 Å². The molecule has 93 valence electrons. The van der Waals surface area contributed by atoms with Crippen molar-refractivity contribution in [3.8, 4) is 5.75 Å². The molecule has 1 nitrogen and oxygen atoms in total. The van der Waals surface area contributed by atoms with Crippen LogP contribution in [0.2, 0.25) is 18.1 Å². The van der Waals surface area contributed by atoms with E-state index in [9.17, 15) is 0 Å². The van der Waals surface area contributed by atoms with Gasteiger partial charge in [-0.25, -0.2) is 0 Å². The molecule has 0 amide bonds. The van der Waals surface area contributed by atoms with Crippen LogP contribution >= 0.6 is 37.7 Å². The lowest BCUT2D eigenvalue weighted by Gasteiger charge is -2.36. The van der Waals surface area contributed by atoms with Crippen LogP contribution in [0.4, 0.5) is 0 Å². The molecule has 0 unspecified atom stereocenters. The van der Waals surface area contributed by atoms with E-state index in [0.717, 1.165) is 5.75 Å². The third-order valence-corrected chi connectivity index (χ3v) is 7.22. The molecule has 5 heteroatoms. The maximum absolute atomic E-state index is 6.07. The van der Waals surface area contributed by atoms with Gasteiger partial charge >= 0.3 is 12.6 Å². The second-order valence-corrected chi connectivity index (χ2v) is 23.5. The van der Waals surface area contributed by atoms with Crippen LogP contribution in [0.3, 0.4) is 0 Å². The quantitative estimate of drug-likeness (QED) is 0.410. The average Bonchev–Trinajstić information content (AvgIpc) is 2.17. The van der Waals surface area contributed by atoms with Gasteiger partial charge in [0, 0.05) is 0 Å². The first-order valence-electron chi connectivity index (χ1n) is 5.51. The molecule has 0 aromatic heterocycles. The molecule has 0 N–H and O–H groups in total. The van der Waals surface area contributed by atoms with Crippen LogP contribution < -0.4 is 4.43 Å². The van der Waals surface area contributed by atoms with Crippen LogP contribution in [0, 0.1) is 6.07 Å². The predicted molar refractivity (Wildman–Crippen MR) is 96.9 cm³/mol. The van der Waals surface area contributed by atoms with E-state index in [1.54, 1.807) is 0 Å². The number of hydrogen-bond donors (Lipinski definition) is 0. The van der Waals surface area contributed by atoms with Crippen molar-refractivity contribution in [2.45, 2.75) is 38.9 Å². The molecule has 0 heterocycles. The SMILES string of the molecule is CC(C)(C)[Si](C)(C)Oc1c[c]ccc1.[I][Mg][I]. The fraction of sp³-hybridized carbons (Fsp3) is 0.500. The van der Waals surface area contributed by atoms with Crippen molar-refractivity contribution in [2.24, 2.45) is 0 Å². The van der Waals surface area contributed by atoms with Crippen molar-refractivity contribution in [3.05, 3.63) is 30.3 Å². The first kappa shape index (κ1) is 18.5. The van der Waals surface area contributed by atoms with E-state index < -0.39 is 8.32 Å². The van der Waals surface area contributed by atoms with Gasteiger partial charge in [0.1, 0.15) is 5.75 Å².